The molecule has 7 heteroatoms. The van der Waals surface area contributed by atoms with Gasteiger partial charge in [0.1, 0.15) is 5.78 Å². The quantitative estimate of drug-likeness (QED) is 0.539. The predicted octanol–water partition coefficient (Wildman–Crippen LogP) is 0.749. The van der Waals surface area contributed by atoms with Crippen LogP contribution >= 0.6 is 0 Å². The van der Waals surface area contributed by atoms with E-state index in [9.17, 15) is 14.4 Å². The average molecular weight is 340 g/mol. The fraction of sp³-hybridized carbons (Fsp3) is 0.824. The first-order valence-corrected chi connectivity index (χ1v) is 8.93. The summed E-state index contributed by atoms with van der Waals surface area (Å²) < 4.78 is 0. The van der Waals surface area contributed by atoms with Gasteiger partial charge in [0, 0.05) is 39.0 Å². The van der Waals surface area contributed by atoms with Crippen LogP contribution in [0.1, 0.15) is 39.0 Å². The highest BCUT2D eigenvalue weighted by Crippen LogP contribution is 2.28. The number of nitrogens with one attached hydrogen (secondary N) is 3. The van der Waals surface area contributed by atoms with Crippen LogP contribution in [0.4, 0.5) is 4.79 Å². The molecule has 0 heterocycles. The number of ketones is 1. The lowest BCUT2D eigenvalue weighted by atomic mass is 9.81. The standard InChI is InChI=1S/C17H32N4O3/c1-4-21(17(24)20-9-8-18-2)16(23)14(12-19-3)10-13-6-5-7-15(22)11-13/h13-14,18-19H,4-12H2,1-3H3,(H,20,24)/t13-,14-/m1/s1. The summed E-state index contributed by atoms with van der Waals surface area (Å²) in [6.45, 7) is 3.79. The van der Waals surface area contributed by atoms with Gasteiger partial charge in [-0.3, -0.25) is 14.5 Å². The number of imide groups is 1. The Morgan fingerprint density at radius 1 is 1.25 bits per heavy atom. The first kappa shape index (κ1) is 20.6. The molecule has 2 atom stereocenters. The largest absolute Gasteiger partial charge is 0.336 e. The third kappa shape index (κ3) is 6.57. The Balaban J connectivity index is 2.67. The van der Waals surface area contributed by atoms with E-state index in [0.717, 1.165) is 12.8 Å². The Morgan fingerprint density at radius 2 is 2.00 bits per heavy atom. The summed E-state index contributed by atoms with van der Waals surface area (Å²) in [5.41, 5.74) is 0. The lowest BCUT2D eigenvalue weighted by Crippen LogP contribution is -2.49. The summed E-state index contributed by atoms with van der Waals surface area (Å²) in [6.07, 6.45) is 3.78. The molecule has 0 aromatic rings. The molecule has 0 unspecified atom stereocenters. The smallest absolute Gasteiger partial charge is 0.324 e. The zero-order valence-corrected chi connectivity index (χ0v) is 15.2. The van der Waals surface area contributed by atoms with Gasteiger partial charge in [-0.1, -0.05) is 0 Å². The van der Waals surface area contributed by atoms with Gasteiger partial charge in [-0.2, -0.15) is 0 Å². The number of carbonyl (C=O) groups is 3. The molecule has 7 nitrogen and oxygen atoms in total. The second-order valence-corrected chi connectivity index (χ2v) is 6.41. The summed E-state index contributed by atoms with van der Waals surface area (Å²) >= 11 is 0. The van der Waals surface area contributed by atoms with Crippen molar-refractivity contribution in [2.75, 3.05) is 40.3 Å². The lowest BCUT2D eigenvalue weighted by Gasteiger charge is -2.29. The van der Waals surface area contributed by atoms with E-state index in [1.54, 1.807) is 14.0 Å². The van der Waals surface area contributed by atoms with Crippen molar-refractivity contribution in [3.63, 3.8) is 0 Å². The van der Waals surface area contributed by atoms with Crippen molar-refractivity contribution < 1.29 is 14.4 Å². The van der Waals surface area contributed by atoms with Gasteiger partial charge < -0.3 is 16.0 Å². The van der Waals surface area contributed by atoms with E-state index in [-0.39, 0.29) is 23.8 Å². The van der Waals surface area contributed by atoms with Gasteiger partial charge in [-0.05, 0) is 46.2 Å². The van der Waals surface area contributed by atoms with Crippen molar-refractivity contribution in [2.45, 2.75) is 39.0 Å². The second kappa shape index (κ2) is 11.1. The van der Waals surface area contributed by atoms with E-state index >= 15 is 0 Å². The van der Waals surface area contributed by atoms with Gasteiger partial charge in [0.15, 0.2) is 0 Å². The number of likely N-dealkylation sites (N-methyl/N-ethyl adjacent to an activating group) is 1. The van der Waals surface area contributed by atoms with E-state index in [1.165, 1.54) is 4.90 Å². The number of urea groups is 1. The van der Waals surface area contributed by atoms with Crippen molar-refractivity contribution in [3.8, 4) is 0 Å². The summed E-state index contributed by atoms with van der Waals surface area (Å²) in [6, 6.07) is -0.349. The van der Waals surface area contributed by atoms with Crippen LogP contribution in [0.25, 0.3) is 0 Å². The molecular weight excluding hydrogens is 308 g/mol. The summed E-state index contributed by atoms with van der Waals surface area (Å²) in [5, 5.41) is 8.75. The molecule has 1 aliphatic carbocycles. The van der Waals surface area contributed by atoms with E-state index in [2.05, 4.69) is 16.0 Å². The molecule has 0 spiro atoms. The molecule has 0 aromatic carbocycles. The normalized spacial score (nSPS) is 19.0. The van der Waals surface area contributed by atoms with Gasteiger partial charge in [0.05, 0.1) is 5.92 Å². The van der Waals surface area contributed by atoms with Gasteiger partial charge in [0.2, 0.25) is 5.91 Å². The maximum absolute atomic E-state index is 12.8. The van der Waals surface area contributed by atoms with Crippen molar-refractivity contribution in [1.29, 1.82) is 0 Å². The minimum Gasteiger partial charge on any atom is -0.336 e. The fourth-order valence-electron chi connectivity index (χ4n) is 3.25. The van der Waals surface area contributed by atoms with Crippen molar-refractivity contribution in [3.05, 3.63) is 0 Å². The second-order valence-electron chi connectivity index (χ2n) is 6.41. The van der Waals surface area contributed by atoms with Gasteiger partial charge in [0.25, 0.3) is 0 Å². The number of hydrogen-bond donors (Lipinski definition) is 3. The van der Waals surface area contributed by atoms with E-state index < -0.39 is 0 Å². The van der Waals surface area contributed by atoms with Crippen LogP contribution in [0.15, 0.2) is 0 Å². The Labute approximate surface area is 144 Å². The minimum atomic E-state index is -0.349. The van der Waals surface area contributed by atoms with Gasteiger partial charge >= 0.3 is 6.03 Å². The van der Waals surface area contributed by atoms with Gasteiger partial charge in [-0.25, -0.2) is 4.79 Å². The molecule has 1 aliphatic rings. The number of carbonyl (C=O) groups excluding carboxylic acids is 3. The number of Topliss-reactive ketones (excluding diaryl/α,β-unsaturated/α-hetero) is 1. The molecule has 3 amide bonds. The monoisotopic (exact) mass is 340 g/mol. The topological polar surface area (TPSA) is 90.5 Å². The predicted molar refractivity (Wildman–Crippen MR) is 93.7 cm³/mol. The molecule has 24 heavy (non-hydrogen) atoms. The molecule has 0 saturated heterocycles. The first-order chi connectivity index (χ1) is 11.5. The van der Waals surface area contributed by atoms with Crippen LogP contribution in [0.3, 0.4) is 0 Å². The number of amides is 3. The molecule has 1 rings (SSSR count). The van der Waals surface area contributed by atoms with Crippen LogP contribution in [0.5, 0.6) is 0 Å². The van der Waals surface area contributed by atoms with Gasteiger partial charge in [-0.15, -0.1) is 0 Å². The molecule has 0 aromatic heterocycles. The van der Waals surface area contributed by atoms with Crippen molar-refractivity contribution in [1.82, 2.24) is 20.9 Å². The van der Waals surface area contributed by atoms with Crippen LogP contribution in [0.2, 0.25) is 0 Å². The Kier molecular flexibility index (Phi) is 9.56. The van der Waals surface area contributed by atoms with Crippen molar-refractivity contribution in [2.24, 2.45) is 11.8 Å². The molecular formula is C17H32N4O3. The van der Waals surface area contributed by atoms with Crippen LogP contribution in [-0.4, -0.2) is 62.9 Å². The molecule has 0 aliphatic heterocycles. The minimum absolute atomic E-state index is 0.160. The van der Waals surface area contributed by atoms with E-state index in [4.69, 9.17) is 0 Å². The highest BCUT2D eigenvalue weighted by Gasteiger charge is 2.31. The molecule has 1 saturated carbocycles. The lowest BCUT2D eigenvalue weighted by molar-refractivity contribution is -0.133. The highest BCUT2D eigenvalue weighted by atomic mass is 16.2. The molecule has 138 valence electrons. The number of rotatable bonds is 9. The van der Waals surface area contributed by atoms with Crippen LogP contribution in [0, 0.1) is 11.8 Å². The third-order valence-corrected chi connectivity index (χ3v) is 4.48. The summed E-state index contributed by atoms with van der Waals surface area (Å²) in [4.78, 5) is 38.0. The molecule has 0 radical (unpaired) electrons. The highest BCUT2D eigenvalue weighted by molar-refractivity contribution is 5.95. The Morgan fingerprint density at radius 3 is 2.58 bits per heavy atom. The zero-order chi connectivity index (χ0) is 17.9. The maximum Gasteiger partial charge on any atom is 0.324 e. The maximum atomic E-state index is 12.8. The average Bonchev–Trinajstić information content (AvgIpc) is 2.55. The molecule has 3 N–H and O–H groups in total. The molecule has 0 bridgehead atoms. The van der Waals surface area contributed by atoms with E-state index in [1.807, 2.05) is 7.05 Å². The Bertz CT molecular complexity index is 428. The SMILES string of the molecule is CCN(C(=O)NCCNC)C(=O)[C@@H](CNC)C[C@H]1CCCC(=O)C1. The van der Waals surface area contributed by atoms with Crippen molar-refractivity contribution >= 4 is 17.7 Å². The molecule has 1 fully saturated rings. The van der Waals surface area contributed by atoms with Crippen LogP contribution in [-0.2, 0) is 9.59 Å². The summed E-state index contributed by atoms with van der Waals surface area (Å²) in [5.74, 6) is 0.103. The number of hydrogen-bond acceptors (Lipinski definition) is 5. The van der Waals surface area contributed by atoms with E-state index in [0.29, 0.717) is 51.2 Å². The number of nitrogens with zero attached hydrogens (tertiary/aromatic N) is 1. The third-order valence-electron chi connectivity index (χ3n) is 4.48. The Hall–Kier alpha value is -1.47. The fourth-order valence-corrected chi connectivity index (χ4v) is 3.25. The first-order valence-electron chi connectivity index (χ1n) is 8.93. The summed E-state index contributed by atoms with van der Waals surface area (Å²) in [7, 11) is 3.61. The van der Waals surface area contributed by atoms with Crippen LogP contribution < -0.4 is 16.0 Å². The zero-order valence-electron chi connectivity index (χ0n) is 15.2.